The number of hydrogen-bond acceptors (Lipinski definition) is 2. The van der Waals surface area contributed by atoms with Gasteiger partial charge in [0.2, 0.25) is 0 Å². The van der Waals surface area contributed by atoms with E-state index < -0.39 is 5.97 Å². The molecule has 0 aliphatic carbocycles. The standard InChI is InChI=1S/C14H9BrCl2O3/c15-12-6-10(17)5-11(14(18)19)13(12)20-7-8-2-1-3-9(16)4-8/h1-6H,7H2,(H,18,19). The molecule has 2 aromatic rings. The lowest BCUT2D eigenvalue weighted by atomic mass is 10.2. The monoisotopic (exact) mass is 374 g/mol. The fourth-order valence-corrected chi connectivity index (χ4v) is 2.79. The molecule has 0 atom stereocenters. The molecule has 0 amide bonds. The van der Waals surface area contributed by atoms with E-state index in [9.17, 15) is 9.90 Å². The van der Waals surface area contributed by atoms with Crippen LogP contribution in [0.25, 0.3) is 0 Å². The molecule has 0 aliphatic heterocycles. The molecule has 0 radical (unpaired) electrons. The largest absolute Gasteiger partial charge is 0.487 e. The molecule has 104 valence electrons. The second-order valence-electron chi connectivity index (χ2n) is 3.99. The zero-order valence-electron chi connectivity index (χ0n) is 10.1. The first-order valence-corrected chi connectivity index (χ1v) is 7.12. The van der Waals surface area contributed by atoms with E-state index in [2.05, 4.69) is 15.9 Å². The summed E-state index contributed by atoms with van der Waals surface area (Å²) >= 11 is 15.0. The van der Waals surface area contributed by atoms with Gasteiger partial charge in [-0.15, -0.1) is 0 Å². The van der Waals surface area contributed by atoms with Gasteiger partial charge >= 0.3 is 5.97 Å². The molecule has 20 heavy (non-hydrogen) atoms. The number of carboxylic acid groups (broad SMARTS) is 1. The van der Waals surface area contributed by atoms with E-state index in [1.54, 1.807) is 24.3 Å². The van der Waals surface area contributed by atoms with Crippen LogP contribution in [0, 0.1) is 0 Å². The van der Waals surface area contributed by atoms with E-state index in [1.165, 1.54) is 6.07 Å². The average molecular weight is 376 g/mol. The highest BCUT2D eigenvalue weighted by Crippen LogP contribution is 2.33. The van der Waals surface area contributed by atoms with E-state index in [-0.39, 0.29) is 17.9 Å². The number of halogens is 3. The highest BCUT2D eigenvalue weighted by molar-refractivity contribution is 9.10. The van der Waals surface area contributed by atoms with Crippen molar-refractivity contribution in [3.8, 4) is 5.75 Å². The molecule has 0 fully saturated rings. The lowest BCUT2D eigenvalue weighted by Crippen LogP contribution is -2.04. The number of aromatic carboxylic acids is 1. The predicted molar refractivity (Wildman–Crippen MR) is 81.9 cm³/mol. The summed E-state index contributed by atoms with van der Waals surface area (Å²) in [6.07, 6.45) is 0. The molecule has 0 heterocycles. The fraction of sp³-hybridized carbons (Fsp3) is 0.0714. The fourth-order valence-electron chi connectivity index (χ4n) is 1.65. The number of carbonyl (C=O) groups is 1. The van der Waals surface area contributed by atoms with Gasteiger partial charge < -0.3 is 9.84 Å². The highest BCUT2D eigenvalue weighted by Gasteiger charge is 2.16. The van der Waals surface area contributed by atoms with Crippen molar-refractivity contribution < 1.29 is 14.6 Å². The number of ether oxygens (including phenoxy) is 1. The first kappa shape index (κ1) is 15.2. The predicted octanol–water partition coefficient (Wildman–Crippen LogP) is 5.03. The molecule has 0 aliphatic rings. The minimum absolute atomic E-state index is 0.00593. The lowest BCUT2D eigenvalue weighted by molar-refractivity contribution is 0.0691. The second-order valence-corrected chi connectivity index (χ2v) is 5.72. The number of hydrogen-bond donors (Lipinski definition) is 1. The van der Waals surface area contributed by atoms with Crippen molar-refractivity contribution in [3.05, 3.63) is 62.0 Å². The summed E-state index contributed by atoms with van der Waals surface area (Å²) in [6.45, 7) is 0.209. The Kier molecular flexibility index (Phi) is 4.91. The van der Waals surface area contributed by atoms with Crippen molar-refractivity contribution in [1.82, 2.24) is 0 Å². The third-order valence-corrected chi connectivity index (χ3v) is 3.55. The van der Waals surface area contributed by atoms with Crippen molar-refractivity contribution in [2.45, 2.75) is 6.61 Å². The minimum Gasteiger partial charge on any atom is -0.487 e. The summed E-state index contributed by atoms with van der Waals surface area (Å²) in [5.74, 6) is -0.865. The van der Waals surface area contributed by atoms with Crippen LogP contribution < -0.4 is 4.74 Å². The Morgan fingerprint density at radius 3 is 2.60 bits per heavy atom. The van der Waals surface area contributed by atoms with Gasteiger partial charge in [-0.2, -0.15) is 0 Å². The van der Waals surface area contributed by atoms with E-state index in [4.69, 9.17) is 27.9 Å². The van der Waals surface area contributed by atoms with Gasteiger partial charge in [-0.1, -0.05) is 35.3 Å². The molecule has 0 aromatic heterocycles. The van der Waals surface area contributed by atoms with Crippen molar-refractivity contribution in [2.75, 3.05) is 0 Å². The summed E-state index contributed by atoms with van der Waals surface area (Å²) < 4.78 is 6.07. The zero-order valence-corrected chi connectivity index (χ0v) is 13.2. The van der Waals surface area contributed by atoms with Gasteiger partial charge in [-0.3, -0.25) is 0 Å². The molecule has 0 bridgehead atoms. The number of rotatable bonds is 4. The molecule has 0 saturated carbocycles. The Morgan fingerprint density at radius 1 is 1.20 bits per heavy atom. The Hall–Kier alpha value is -1.23. The van der Waals surface area contributed by atoms with Crippen molar-refractivity contribution >= 4 is 45.1 Å². The summed E-state index contributed by atoms with van der Waals surface area (Å²) in [5.41, 5.74) is 0.849. The molecule has 6 heteroatoms. The highest BCUT2D eigenvalue weighted by atomic mass is 79.9. The zero-order chi connectivity index (χ0) is 14.7. The topological polar surface area (TPSA) is 46.5 Å². The molecule has 2 rings (SSSR count). The van der Waals surface area contributed by atoms with Crippen LogP contribution in [0.5, 0.6) is 5.75 Å². The Morgan fingerprint density at radius 2 is 1.95 bits per heavy atom. The molecule has 0 saturated heterocycles. The van der Waals surface area contributed by atoms with E-state index in [1.807, 2.05) is 6.07 Å². The van der Waals surface area contributed by atoms with Crippen molar-refractivity contribution in [1.29, 1.82) is 0 Å². The van der Waals surface area contributed by atoms with Gasteiger partial charge in [0, 0.05) is 10.0 Å². The van der Waals surface area contributed by atoms with Crippen LogP contribution in [0.1, 0.15) is 15.9 Å². The molecule has 2 aromatic carbocycles. The first-order chi connectivity index (χ1) is 9.47. The summed E-state index contributed by atoms with van der Waals surface area (Å²) in [7, 11) is 0. The normalized spacial score (nSPS) is 10.3. The maximum absolute atomic E-state index is 11.2. The van der Waals surface area contributed by atoms with Gasteiger partial charge in [0.15, 0.2) is 0 Å². The second kappa shape index (κ2) is 6.48. The van der Waals surface area contributed by atoms with Crippen LogP contribution in [0.3, 0.4) is 0 Å². The Bertz CT molecular complexity index is 659. The van der Waals surface area contributed by atoms with Gasteiger partial charge in [-0.05, 0) is 45.8 Å². The van der Waals surface area contributed by atoms with E-state index in [0.29, 0.717) is 14.5 Å². The molecular formula is C14H9BrCl2O3. The minimum atomic E-state index is -1.10. The molecular weight excluding hydrogens is 367 g/mol. The van der Waals surface area contributed by atoms with Gasteiger partial charge in [0.05, 0.1) is 4.47 Å². The van der Waals surface area contributed by atoms with Crippen LogP contribution >= 0.6 is 39.1 Å². The third kappa shape index (κ3) is 3.66. The van der Waals surface area contributed by atoms with Gasteiger partial charge in [0.25, 0.3) is 0 Å². The smallest absolute Gasteiger partial charge is 0.339 e. The quantitative estimate of drug-likeness (QED) is 0.814. The maximum Gasteiger partial charge on any atom is 0.339 e. The third-order valence-electron chi connectivity index (χ3n) is 2.51. The molecule has 0 spiro atoms. The van der Waals surface area contributed by atoms with E-state index in [0.717, 1.165) is 5.56 Å². The summed E-state index contributed by atoms with van der Waals surface area (Å²) in [6, 6.07) is 10.1. The summed E-state index contributed by atoms with van der Waals surface area (Å²) in [5, 5.41) is 10.1. The molecule has 1 N–H and O–H groups in total. The Balaban J connectivity index is 2.27. The number of benzene rings is 2. The first-order valence-electron chi connectivity index (χ1n) is 5.57. The van der Waals surface area contributed by atoms with Gasteiger partial charge in [-0.25, -0.2) is 4.79 Å². The van der Waals surface area contributed by atoms with Crippen molar-refractivity contribution in [2.24, 2.45) is 0 Å². The van der Waals surface area contributed by atoms with Crippen molar-refractivity contribution in [3.63, 3.8) is 0 Å². The van der Waals surface area contributed by atoms with Crippen LogP contribution in [0.2, 0.25) is 10.0 Å². The van der Waals surface area contributed by atoms with Crippen LogP contribution in [0.4, 0.5) is 0 Å². The van der Waals surface area contributed by atoms with Crippen LogP contribution in [0.15, 0.2) is 40.9 Å². The van der Waals surface area contributed by atoms with E-state index >= 15 is 0 Å². The maximum atomic E-state index is 11.2. The molecule has 3 nitrogen and oxygen atoms in total. The van der Waals surface area contributed by atoms with Gasteiger partial charge in [0.1, 0.15) is 17.9 Å². The Labute approximate surface area is 134 Å². The average Bonchev–Trinajstić information content (AvgIpc) is 2.36. The SMILES string of the molecule is O=C(O)c1cc(Cl)cc(Br)c1OCc1cccc(Cl)c1. The van der Waals surface area contributed by atoms with Crippen LogP contribution in [-0.2, 0) is 6.61 Å². The van der Waals surface area contributed by atoms with Crippen LogP contribution in [-0.4, -0.2) is 11.1 Å². The summed E-state index contributed by atoms with van der Waals surface area (Å²) in [4.78, 5) is 11.2. The number of carboxylic acids is 1. The molecule has 0 unspecified atom stereocenters. The lowest BCUT2D eigenvalue weighted by Gasteiger charge is -2.12.